The largest absolute Gasteiger partial charge is 0.228 e. The predicted octanol–water partition coefficient (Wildman–Crippen LogP) is 14.0. The zero-order valence-electron chi connectivity index (χ0n) is 28.8. The molecule has 0 amide bonds. The Morgan fingerprint density at radius 2 is 0.906 bits per heavy atom. The van der Waals surface area contributed by atoms with Crippen LogP contribution in [0.3, 0.4) is 0 Å². The first kappa shape index (κ1) is 31.1. The lowest BCUT2D eigenvalue weighted by Crippen LogP contribution is -1.97. The normalized spacial score (nSPS) is 11.4. The van der Waals surface area contributed by atoms with Gasteiger partial charge in [-0.25, -0.2) is 9.97 Å². The first-order chi connectivity index (χ1) is 26.2. The van der Waals surface area contributed by atoms with Crippen molar-refractivity contribution in [3.8, 4) is 67.3 Å². The molecule has 2 heterocycles. The Kier molecular flexibility index (Phi) is 7.71. The van der Waals surface area contributed by atoms with Gasteiger partial charge in [0, 0.05) is 36.9 Å². The van der Waals surface area contributed by atoms with E-state index in [4.69, 9.17) is 9.97 Å². The third-order valence-corrected chi connectivity index (χ3v) is 11.3. The molecular weight excluding hydrogens is 661 g/mol. The topological polar surface area (TPSA) is 25.8 Å². The van der Waals surface area contributed by atoms with E-state index in [9.17, 15) is 0 Å². The van der Waals surface area contributed by atoms with E-state index in [0.717, 1.165) is 39.2 Å². The lowest BCUT2D eigenvalue weighted by Gasteiger charge is -2.14. The van der Waals surface area contributed by atoms with Gasteiger partial charge in [-0.05, 0) is 86.6 Å². The molecule has 0 aliphatic carbocycles. The Bertz CT molecular complexity index is 2950. The van der Waals surface area contributed by atoms with Gasteiger partial charge in [0.15, 0.2) is 5.82 Å². The molecule has 0 fully saturated rings. The smallest absolute Gasteiger partial charge is 0.160 e. The fraction of sp³-hybridized carbons (Fsp3) is 0. The maximum absolute atomic E-state index is 5.27. The zero-order valence-corrected chi connectivity index (χ0v) is 29.6. The molecule has 2 aromatic heterocycles. The molecular formula is C50H32N2S. The van der Waals surface area contributed by atoms with E-state index in [2.05, 4.69) is 176 Å². The van der Waals surface area contributed by atoms with Crippen molar-refractivity contribution in [2.75, 3.05) is 0 Å². The summed E-state index contributed by atoms with van der Waals surface area (Å²) >= 11 is 1.86. The van der Waals surface area contributed by atoms with Crippen LogP contribution in [-0.4, -0.2) is 9.97 Å². The van der Waals surface area contributed by atoms with Crippen molar-refractivity contribution >= 4 is 42.3 Å². The van der Waals surface area contributed by atoms with Gasteiger partial charge in [0.25, 0.3) is 0 Å². The molecule has 0 saturated heterocycles. The molecule has 0 atom stereocenters. The number of hydrogen-bond acceptors (Lipinski definition) is 3. The maximum atomic E-state index is 5.27. The van der Waals surface area contributed by atoms with Gasteiger partial charge in [-0.2, -0.15) is 0 Å². The average Bonchev–Trinajstić information content (AvgIpc) is 3.63. The lowest BCUT2D eigenvalue weighted by molar-refractivity contribution is 1.18. The van der Waals surface area contributed by atoms with E-state index < -0.39 is 0 Å². The number of rotatable bonds is 6. The van der Waals surface area contributed by atoms with Gasteiger partial charge < -0.3 is 0 Å². The molecule has 3 heteroatoms. The Labute approximate surface area is 312 Å². The van der Waals surface area contributed by atoms with Crippen LogP contribution in [0.2, 0.25) is 0 Å². The van der Waals surface area contributed by atoms with E-state index in [1.54, 1.807) is 0 Å². The first-order valence-electron chi connectivity index (χ1n) is 17.9. The summed E-state index contributed by atoms with van der Waals surface area (Å²) in [7, 11) is 0. The van der Waals surface area contributed by atoms with Gasteiger partial charge in [0.05, 0.1) is 11.4 Å². The average molecular weight is 693 g/mol. The van der Waals surface area contributed by atoms with Gasteiger partial charge in [-0.1, -0.05) is 152 Å². The summed E-state index contributed by atoms with van der Waals surface area (Å²) in [6.07, 6.45) is 0. The number of thiophene rings is 1. The minimum absolute atomic E-state index is 0.701. The summed E-state index contributed by atoms with van der Waals surface area (Å²) in [4.78, 5) is 10.5. The van der Waals surface area contributed by atoms with Crippen molar-refractivity contribution < 1.29 is 0 Å². The van der Waals surface area contributed by atoms with E-state index in [0.29, 0.717) is 5.82 Å². The van der Waals surface area contributed by atoms with Crippen molar-refractivity contribution in [2.45, 2.75) is 0 Å². The molecule has 10 rings (SSSR count). The first-order valence-corrected chi connectivity index (χ1v) is 18.7. The highest BCUT2D eigenvalue weighted by Gasteiger charge is 2.16. The van der Waals surface area contributed by atoms with Crippen LogP contribution in [-0.2, 0) is 0 Å². The molecule has 10 aromatic rings. The lowest BCUT2D eigenvalue weighted by atomic mass is 9.93. The summed E-state index contributed by atoms with van der Waals surface area (Å²) in [5.41, 5.74) is 11.9. The Balaban J connectivity index is 1.17. The highest BCUT2D eigenvalue weighted by atomic mass is 32.1. The van der Waals surface area contributed by atoms with Crippen molar-refractivity contribution in [1.29, 1.82) is 0 Å². The van der Waals surface area contributed by atoms with Crippen molar-refractivity contribution in [2.24, 2.45) is 0 Å². The van der Waals surface area contributed by atoms with Crippen LogP contribution < -0.4 is 0 Å². The van der Waals surface area contributed by atoms with Gasteiger partial charge in [0.1, 0.15) is 0 Å². The number of benzene rings is 8. The minimum Gasteiger partial charge on any atom is -0.228 e. The minimum atomic E-state index is 0.701. The Morgan fingerprint density at radius 1 is 0.321 bits per heavy atom. The summed E-state index contributed by atoms with van der Waals surface area (Å²) < 4.78 is 2.59. The molecule has 0 radical (unpaired) electrons. The molecule has 8 aromatic carbocycles. The van der Waals surface area contributed by atoms with E-state index in [-0.39, 0.29) is 0 Å². The van der Waals surface area contributed by atoms with Crippen LogP contribution >= 0.6 is 11.3 Å². The third-order valence-electron chi connectivity index (χ3n) is 10.1. The predicted molar refractivity (Wildman–Crippen MR) is 225 cm³/mol. The van der Waals surface area contributed by atoms with Crippen LogP contribution in [0.1, 0.15) is 0 Å². The van der Waals surface area contributed by atoms with Crippen LogP contribution in [0.15, 0.2) is 194 Å². The van der Waals surface area contributed by atoms with Crippen molar-refractivity contribution in [3.63, 3.8) is 0 Å². The van der Waals surface area contributed by atoms with Crippen LogP contribution in [0.4, 0.5) is 0 Å². The van der Waals surface area contributed by atoms with E-state index in [1.165, 1.54) is 53.2 Å². The second kappa shape index (κ2) is 13.1. The molecule has 0 unspecified atom stereocenters. The highest BCUT2D eigenvalue weighted by Crippen LogP contribution is 2.42. The molecule has 0 saturated carbocycles. The van der Waals surface area contributed by atoms with Crippen LogP contribution in [0.25, 0.3) is 98.2 Å². The summed E-state index contributed by atoms with van der Waals surface area (Å²) in [5, 5.41) is 5.05. The Hall–Kier alpha value is -6.68. The molecule has 0 aliphatic rings. The molecule has 248 valence electrons. The monoisotopic (exact) mass is 692 g/mol. The van der Waals surface area contributed by atoms with Crippen LogP contribution in [0, 0.1) is 0 Å². The number of hydrogen-bond donors (Lipinski definition) is 0. The molecule has 2 nitrogen and oxygen atoms in total. The van der Waals surface area contributed by atoms with E-state index >= 15 is 0 Å². The third kappa shape index (κ3) is 5.87. The van der Waals surface area contributed by atoms with Crippen molar-refractivity contribution in [3.05, 3.63) is 194 Å². The molecule has 53 heavy (non-hydrogen) atoms. The molecule has 0 spiro atoms. The molecule has 0 bridgehead atoms. The van der Waals surface area contributed by atoms with Crippen LogP contribution in [0.5, 0.6) is 0 Å². The van der Waals surface area contributed by atoms with Gasteiger partial charge in [0.2, 0.25) is 0 Å². The SMILES string of the molecule is c1ccc(-c2cc(-c3cc(-c4cccc(-c5ccc6ccccc6c5)c4)nc(-c4ccccc4)n3)cc(-c3cccc4c3sc3ccccc34)c2)cc1. The Morgan fingerprint density at radius 3 is 1.75 bits per heavy atom. The number of fused-ring (bicyclic) bond motifs is 4. The standard InChI is InChI=1S/C50H32N2S/c1-3-13-33(14-4-1)40-29-41(43-22-12-23-45-44-21-9-10-24-48(44)53-49(43)45)31-42(30-40)47-32-46(51-50(52-47)35-16-5-2-6-17-35)39-20-11-19-37(28-39)38-26-25-34-15-7-8-18-36(34)27-38/h1-32H. The summed E-state index contributed by atoms with van der Waals surface area (Å²) in [6.45, 7) is 0. The number of aromatic nitrogens is 2. The number of nitrogens with zero attached hydrogens (tertiary/aromatic N) is 2. The summed E-state index contributed by atoms with van der Waals surface area (Å²) in [6, 6.07) is 69.3. The fourth-order valence-electron chi connectivity index (χ4n) is 7.39. The highest BCUT2D eigenvalue weighted by molar-refractivity contribution is 7.26. The van der Waals surface area contributed by atoms with E-state index in [1.807, 2.05) is 29.5 Å². The van der Waals surface area contributed by atoms with Gasteiger partial charge in [-0.15, -0.1) is 11.3 Å². The quantitative estimate of drug-likeness (QED) is 0.173. The zero-order chi connectivity index (χ0) is 35.1. The summed E-state index contributed by atoms with van der Waals surface area (Å²) in [5.74, 6) is 0.701. The fourth-order valence-corrected chi connectivity index (χ4v) is 8.63. The second-order valence-corrected chi connectivity index (χ2v) is 14.5. The maximum Gasteiger partial charge on any atom is 0.160 e. The van der Waals surface area contributed by atoms with Crippen molar-refractivity contribution in [1.82, 2.24) is 9.97 Å². The second-order valence-electron chi connectivity index (χ2n) is 13.4. The van der Waals surface area contributed by atoms with Gasteiger partial charge >= 0.3 is 0 Å². The molecule has 0 aliphatic heterocycles. The molecule has 0 N–H and O–H groups in total. The van der Waals surface area contributed by atoms with Gasteiger partial charge in [-0.3, -0.25) is 0 Å².